The van der Waals surface area contributed by atoms with E-state index in [2.05, 4.69) is 27.3 Å². The van der Waals surface area contributed by atoms with Gasteiger partial charge in [-0.1, -0.05) is 36.1 Å². The number of nitrogens with zero attached hydrogens (tertiary/aromatic N) is 5. The van der Waals surface area contributed by atoms with E-state index in [1.54, 1.807) is 59.9 Å². The maximum atomic E-state index is 12.1. The third kappa shape index (κ3) is 6.40. The molecule has 3 heterocycles. The van der Waals surface area contributed by atoms with Gasteiger partial charge < -0.3 is 21.9 Å². The Hall–Kier alpha value is -4.48. The normalized spacial score (nSPS) is 12.2. The molecule has 4 aromatic rings. The van der Waals surface area contributed by atoms with E-state index in [4.69, 9.17) is 11.5 Å². The molecule has 0 atom stereocenters. The van der Waals surface area contributed by atoms with Crippen LogP contribution in [-0.2, 0) is 12.1 Å². The summed E-state index contributed by atoms with van der Waals surface area (Å²) < 4.78 is 3.37. The van der Waals surface area contributed by atoms with E-state index in [0.29, 0.717) is 28.6 Å². The Morgan fingerprint density at radius 2 is 2.03 bits per heavy atom. The Labute approximate surface area is 218 Å². The molecule has 0 saturated heterocycles. The number of carbonyl (C=O) groups is 1. The lowest BCUT2D eigenvalue weighted by molar-refractivity contribution is 0.0737. The topological polar surface area (TPSA) is 150 Å². The van der Waals surface area contributed by atoms with Gasteiger partial charge in [0.2, 0.25) is 0 Å². The summed E-state index contributed by atoms with van der Waals surface area (Å²) in [6.07, 6.45) is 10.5. The number of benzene rings is 1. The Morgan fingerprint density at radius 3 is 2.65 bits per heavy atom. The summed E-state index contributed by atoms with van der Waals surface area (Å²) in [6.45, 7) is 7.71. The van der Waals surface area contributed by atoms with Crippen LogP contribution in [-0.4, -0.2) is 35.8 Å². The van der Waals surface area contributed by atoms with E-state index in [-0.39, 0.29) is 0 Å². The van der Waals surface area contributed by atoms with Crippen LogP contribution in [0.4, 0.5) is 5.00 Å². The first-order chi connectivity index (χ1) is 17.6. The Morgan fingerprint density at radius 1 is 1.27 bits per heavy atom. The molecule has 1 amide bonds. The van der Waals surface area contributed by atoms with E-state index in [1.165, 1.54) is 11.3 Å². The first kappa shape index (κ1) is 25.6. The summed E-state index contributed by atoms with van der Waals surface area (Å²) in [5.74, 6) is -0.216. The van der Waals surface area contributed by atoms with E-state index in [1.807, 2.05) is 36.5 Å². The number of amides is 1. The molecule has 1 aromatic carbocycles. The van der Waals surface area contributed by atoms with Gasteiger partial charge in [-0.05, 0) is 55.3 Å². The Bertz CT molecular complexity index is 1460. The van der Waals surface area contributed by atoms with Crippen LogP contribution in [0.3, 0.4) is 0 Å². The smallest absolute Gasteiger partial charge is 0.251 e. The molecular weight excluding hydrogens is 488 g/mol. The van der Waals surface area contributed by atoms with E-state index >= 15 is 0 Å². The molecule has 0 aliphatic carbocycles. The zero-order chi connectivity index (χ0) is 26.6. The van der Waals surface area contributed by atoms with Gasteiger partial charge >= 0.3 is 0 Å². The highest BCUT2D eigenvalue weighted by Crippen LogP contribution is 2.36. The fourth-order valence-electron chi connectivity index (χ4n) is 3.39. The summed E-state index contributed by atoms with van der Waals surface area (Å²) in [5.41, 5.74) is 14.2. The fraction of sp³-hybridized carbons (Fsp3) is 0.154. The van der Waals surface area contributed by atoms with Crippen LogP contribution in [0.25, 0.3) is 16.1 Å². The number of nitrogens with one attached hydrogen (secondary N) is 1. The summed E-state index contributed by atoms with van der Waals surface area (Å²) in [7, 11) is 0. The molecular formula is C26H28N8O2S. The molecule has 0 bridgehead atoms. The van der Waals surface area contributed by atoms with Gasteiger partial charge in [0.05, 0.1) is 24.0 Å². The van der Waals surface area contributed by atoms with Crippen molar-refractivity contribution in [1.82, 2.24) is 24.8 Å². The molecule has 11 heteroatoms. The van der Waals surface area contributed by atoms with Crippen LogP contribution in [0.5, 0.6) is 0 Å². The summed E-state index contributed by atoms with van der Waals surface area (Å²) >= 11 is 1.38. The first-order valence-electron chi connectivity index (χ1n) is 11.4. The van der Waals surface area contributed by atoms with Gasteiger partial charge in [-0.15, -0.1) is 16.4 Å². The maximum absolute atomic E-state index is 12.1. The van der Waals surface area contributed by atoms with Gasteiger partial charge in [0, 0.05) is 17.3 Å². The molecule has 0 unspecified atom stereocenters. The number of hydrogen-bond acceptors (Lipinski definition) is 8. The predicted molar refractivity (Wildman–Crippen MR) is 145 cm³/mol. The molecule has 0 saturated carbocycles. The average molecular weight is 517 g/mol. The van der Waals surface area contributed by atoms with Crippen molar-refractivity contribution in [3.05, 3.63) is 102 Å². The number of nitrogens with two attached hydrogens (primary N) is 2. The number of aliphatic hydroxyl groups is 1. The number of aromatic nitrogens is 5. The monoisotopic (exact) mass is 516 g/mol. The third-order valence-electron chi connectivity index (χ3n) is 5.31. The van der Waals surface area contributed by atoms with Crippen LogP contribution in [0, 0.1) is 0 Å². The van der Waals surface area contributed by atoms with Crippen molar-refractivity contribution in [1.29, 1.82) is 0 Å². The standard InChI is InChI=1S/C26H28N8O2S/c1-17(15-33-16-22(31-32-33)26(2,3)36)6-4-7-23(27)30-25-20(24(28)35)14-21(37-25)18-8-10-19(11-9-18)34-13-5-12-29-34/h4-14,16,30,36H,1,15,27H2,2-3H3,(H2,28,35)/b6-4-,23-7+. The number of primary amides is 1. The molecule has 0 aliphatic heterocycles. The van der Waals surface area contributed by atoms with Gasteiger partial charge in [0.1, 0.15) is 22.1 Å². The molecule has 6 N–H and O–H groups in total. The SMILES string of the molecule is C=C(/C=C\C=C(/N)Nc1sc(-c2ccc(-n3cccn3)cc2)cc1C(N)=O)Cn1cc(C(C)(C)O)nn1. The predicted octanol–water partition coefficient (Wildman–Crippen LogP) is 3.54. The maximum Gasteiger partial charge on any atom is 0.251 e. The van der Waals surface area contributed by atoms with Crippen molar-refractivity contribution in [3.8, 4) is 16.1 Å². The first-order valence-corrected chi connectivity index (χ1v) is 12.2. The molecule has 0 aliphatic rings. The highest BCUT2D eigenvalue weighted by Gasteiger charge is 2.20. The van der Waals surface area contributed by atoms with E-state index in [0.717, 1.165) is 21.7 Å². The number of thiophene rings is 1. The highest BCUT2D eigenvalue weighted by molar-refractivity contribution is 7.19. The zero-order valence-corrected chi connectivity index (χ0v) is 21.3. The van der Waals surface area contributed by atoms with Crippen molar-refractivity contribution in [3.63, 3.8) is 0 Å². The molecule has 10 nitrogen and oxygen atoms in total. The van der Waals surface area contributed by atoms with Crippen LogP contribution in [0.1, 0.15) is 29.9 Å². The number of anilines is 1. The second-order valence-electron chi connectivity index (χ2n) is 8.84. The summed E-state index contributed by atoms with van der Waals surface area (Å²) in [6, 6.07) is 11.4. The van der Waals surface area contributed by atoms with E-state index in [9.17, 15) is 9.90 Å². The highest BCUT2D eigenvalue weighted by atomic mass is 32.1. The molecule has 4 rings (SSSR count). The van der Waals surface area contributed by atoms with Gasteiger partial charge in [0.25, 0.3) is 5.91 Å². The average Bonchev–Trinajstić information content (AvgIpc) is 3.60. The van der Waals surface area contributed by atoms with Gasteiger partial charge in [-0.2, -0.15) is 5.10 Å². The second-order valence-corrected chi connectivity index (χ2v) is 9.89. The van der Waals surface area contributed by atoms with Crippen molar-refractivity contribution in [2.24, 2.45) is 11.5 Å². The minimum Gasteiger partial charge on any atom is -0.385 e. The number of rotatable bonds is 10. The second kappa shape index (κ2) is 10.6. The Balaban J connectivity index is 1.42. The lowest BCUT2D eigenvalue weighted by Crippen LogP contribution is -2.15. The lowest BCUT2D eigenvalue weighted by atomic mass is 10.1. The van der Waals surface area contributed by atoms with Crippen molar-refractivity contribution < 1.29 is 9.90 Å². The summed E-state index contributed by atoms with van der Waals surface area (Å²) in [4.78, 5) is 12.9. The summed E-state index contributed by atoms with van der Waals surface area (Å²) in [5, 5.41) is 25.8. The number of hydrogen-bond donors (Lipinski definition) is 4. The van der Waals surface area contributed by atoms with Crippen LogP contribution in [0.2, 0.25) is 0 Å². The third-order valence-corrected chi connectivity index (χ3v) is 6.41. The van der Waals surface area contributed by atoms with Crippen LogP contribution >= 0.6 is 11.3 Å². The molecule has 0 spiro atoms. The van der Waals surface area contributed by atoms with Crippen LogP contribution < -0.4 is 16.8 Å². The quantitative estimate of drug-likeness (QED) is 0.235. The Kier molecular flexibility index (Phi) is 7.37. The number of carbonyl (C=O) groups excluding carboxylic acids is 1. The lowest BCUT2D eigenvalue weighted by Gasteiger charge is -2.11. The van der Waals surface area contributed by atoms with Crippen molar-refractivity contribution in [2.45, 2.75) is 26.0 Å². The minimum atomic E-state index is -1.06. The van der Waals surface area contributed by atoms with Gasteiger partial charge in [-0.25, -0.2) is 9.36 Å². The molecule has 0 radical (unpaired) electrons. The number of allylic oxidation sites excluding steroid dienone is 4. The van der Waals surface area contributed by atoms with E-state index < -0.39 is 11.5 Å². The van der Waals surface area contributed by atoms with Crippen molar-refractivity contribution >= 4 is 22.2 Å². The molecule has 37 heavy (non-hydrogen) atoms. The van der Waals surface area contributed by atoms with Crippen molar-refractivity contribution in [2.75, 3.05) is 5.32 Å². The molecule has 190 valence electrons. The molecule has 3 aromatic heterocycles. The van der Waals surface area contributed by atoms with Crippen LogP contribution in [0.15, 0.2) is 91.2 Å². The largest absolute Gasteiger partial charge is 0.385 e. The van der Waals surface area contributed by atoms with Gasteiger partial charge in [-0.3, -0.25) is 4.79 Å². The van der Waals surface area contributed by atoms with Gasteiger partial charge in [0.15, 0.2) is 0 Å². The fourth-order valence-corrected chi connectivity index (χ4v) is 4.48. The zero-order valence-electron chi connectivity index (χ0n) is 20.5. The molecule has 0 fully saturated rings. The minimum absolute atomic E-state index is 0.332.